The van der Waals surface area contributed by atoms with Gasteiger partial charge in [-0.25, -0.2) is 9.78 Å². The van der Waals surface area contributed by atoms with Crippen molar-refractivity contribution in [1.29, 1.82) is 0 Å². The van der Waals surface area contributed by atoms with Crippen LogP contribution in [0.15, 0.2) is 63.8 Å². The van der Waals surface area contributed by atoms with Crippen molar-refractivity contribution in [3.63, 3.8) is 0 Å². The number of ether oxygens (including phenoxy) is 1. The van der Waals surface area contributed by atoms with Crippen LogP contribution in [0, 0.1) is 0 Å². The second-order valence-electron chi connectivity index (χ2n) is 6.38. The largest absolute Gasteiger partial charge is 0.461 e. The highest BCUT2D eigenvalue weighted by Gasteiger charge is 2.11. The van der Waals surface area contributed by atoms with Gasteiger partial charge in [-0.15, -0.1) is 0 Å². The first kappa shape index (κ1) is 18.3. The van der Waals surface area contributed by atoms with Crippen LogP contribution in [0.1, 0.15) is 18.4 Å². The molecule has 0 fully saturated rings. The highest BCUT2D eigenvalue weighted by Crippen LogP contribution is 2.21. The van der Waals surface area contributed by atoms with Gasteiger partial charge in [0.25, 0.3) is 0 Å². The number of aryl methyl sites for hydroxylation is 1. The Labute approximate surface area is 165 Å². The Hall–Kier alpha value is -3.12. The van der Waals surface area contributed by atoms with E-state index in [2.05, 4.69) is 4.98 Å². The van der Waals surface area contributed by atoms with Crippen LogP contribution >= 0.6 is 11.6 Å². The second kappa shape index (κ2) is 7.86. The lowest BCUT2D eigenvalue weighted by Gasteiger charge is -2.08. The van der Waals surface area contributed by atoms with Crippen LogP contribution in [0.4, 0.5) is 0 Å². The van der Waals surface area contributed by atoms with Crippen LogP contribution < -0.4 is 5.76 Å². The summed E-state index contributed by atoms with van der Waals surface area (Å²) < 4.78 is 12.0. The molecule has 0 aliphatic carbocycles. The van der Waals surface area contributed by atoms with Gasteiger partial charge < -0.3 is 9.15 Å². The van der Waals surface area contributed by atoms with Crippen LogP contribution in [-0.2, 0) is 22.7 Å². The van der Waals surface area contributed by atoms with Gasteiger partial charge in [0.1, 0.15) is 11.8 Å². The van der Waals surface area contributed by atoms with Gasteiger partial charge in [-0.3, -0.25) is 9.36 Å². The third-order valence-corrected chi connectivity index (χ3v) is 4.80. The van der Waals surface area contributed by atoms with Gasteiger partial charge in [0.15, 0.2) is 5.58 Å². The molecule has 2 heterocycles. The zero-order valence-electron chi connectivity index (χ0n) is 14.9. The minimum absolute atomic E-state index is 0.0596. The third kappa shape index (κ3) is 3.77. The minimum atomic E-state index is -0.427. The summed E-state index contributed by atoms with van der Waals surface area (Å²) in [4.78, 5) is 28.3. The average molecular weight is 397 g/mol. The number of aromatic nitrogens is 2. The Balaban J connectivity index is 1.34. The quantitative estimate of drug-likeness (QED) is 0.358. The number of rotatable bonds is 6. The van der Waals surface area contributed by atoms with Crippen molar-refractivity contribution >= 4 is 39.6 Å². The lowest BCUT2D eigenvalue weighted by atomic mass is 10.2. The Morgan fingerprint density at radius 1 is 1.14 bits per heavy atom. The number of fused-ring (bicyclic) bond motifs is 2. The maximum Gasteiger partial charge on any atom is 0.419 e. The minimum Gasteiger partial charge on any atom is -0.461 e. The number of benzene rings is 2. The van der Waals surface area contributed by atoms with E-state index in [1.54, 1.807) is 12.1 Å². The first-order valence-corrected chi connectivity index (χ1v) is 9.28. The molecule has 0 radical (unpaired) electrons. The van der Waals surface area contributed by atoms with E-state index in [-0.39, 0.29) is 19.0 Å². The molecule has 0 saturated carbocycles. The number of para-hydroxylation sites is 3. The van der Waals surface area contributed by atoms with E-state index in [0.29, 0.717) is 29.3 Å². The molecule has 4 aromatic rings. The number of hydrogen-bond acceptors (Lipinski definition) is 5. The molecular formula is C21H17ClN2O4. The lowest BCUT2D eigenvalue weighted by molar-refractivity contribution is -0.145. The van der Waals surface area contributed by atoms with Crippen molar-refractivity contribution in [2.75, 3.05) is 0 Å². The predicted molar refractivity (Wildman–Crippen MR) is 106 cm³/mol. The fraction of sp³-hybridized carbons (Fsp3) is 0.190. The summed E-state index contributed by atoms with van der Waals surface area (Å²) in [6.07, 6.45) is 0.649. The van der Waals surface area contributed by atoms with E-state index >= 15 is 0 Å². The zero-order valence-corrected chi connectivity index (χ0v) is 15.7. The molecule has 0 N–H and O–H groups in total. The molecule has 0 amide bonds. The number of halogens is 1. The van der Waals surface area contributed by atoms with Crippen molar-refractivity contribution in [2.24, 2.45) is 0 Å². The predicted octanol–water partition coefficient (Wildman–Crippen LogP) is 4.32. The molecule has 2 aromatic heterocycles. The topological polar surface area (TPSA) is 74.3 Å². The van der Waals surface area contributed by atoms with E-state index in [1.165, 1.54) is 4.57 Å². The summed E-state index contributed by atoms with van der Waals surface area (Å²) in [5, 5.41) is 1.26. The fourth-order valence-electron chi connectivity index (χ4n) is 3.08. The van der Waals surface area contributed by atoms with E-state index in [0.717, 1.165) is 16.4 Å². The zero-order chi connectivity index (χ0) is 19.5. The third-order valence-electron chi connectivity index (χ3n) is 4.48. The fourth-order valence-corrected chi connectivity index (χ4v) is 3.28. The van der Waals surface area contributed by atoms with Gasteiger partial charge in [0, 0.05) is 23.9 Å². The Kier molecular flexibility index (Phi) is 5.12. The molecular weight excluding hydrogens is 380 g/mol. The number of oxazole rings is 1. The van der Waals surface area contributed by atoms with Crippen molar-refractivity contribution in [3.05, 3.63) is 75.9 Å². The summed E-state index contributed by atoms with van der Waals surface area (Å²) in [5.41, 5.74) is 2.70. The first-order valence-electron chi connectivity index (χ1n) is 8.90. The first-order chi connectivity index (χ1) is 13.6. The number of hydrogen-bond donors (Lipinski definition) is 0. The highest BCUT2D eigenvalue weighted by molar-refractivity contribution is 6.30. The molecule has 0 saturated heterocycles. The summed E-state index contributed by atoms with van der Waals surface area (Å²) in [7, 11) is 0. The molecule has 28 heavy (non-hydrogen) atoms. The molecule has 0 bridgehead atoms. The lowest BCUT2D eigenvalue weighted by Crippen LogP contribution is -2.15. The van der Waals surface area contributed by atoms with Crippen LogP contribution in [0.3, 0.4) is 0 Å². The highest BCUT2D eigenvalue weighted by atomic mass is 35.5. The van der Waals surface area contributed by atoms with Crippen molar-refractivity contribution in [3.8, 4) is 0 Å². The van der Waals surface area contributed by atoms with Gasteiger partial charge in [-0.1, -0.05) is 41.9 Å². The molecule has 6 nitrogen and oxygen atoms in total. The maximum absolute atomic E-state index is 12.1. The van der Waals surface area contributed by atoms with Crippen LogP contribution in [0.2, 0.25) is 5.15 Å². The van der Waals surface area contributed by atoms with Crippen molar-refractivity contribution in [1.82, 2.24) is 9.55 Å². The van der Waals surface area contributed by atoms with Crippen LogP contribution in [-0.4, -0.2) is 15.5 Å². The number of esters is 1. The average Bonchev–Trinajstić information content (AvgIpc) is 3.01. The summed E-state index contributed by atoms with van der Waals surface area (Å²) in [6.45, 7) is 0.438. The van der Waals surface area contributed by atoms with Gasteiger partial charge in [0.05, 0.1) is 11.0 Å². The monoisotopic (exact) mass is 396 g/mol. The van der Waals surface area contributed by atoms with Gasteiger partial charge in [-0.2, -0.15) is 0 Å². The summed E-state index contributed by atoms with van der Waals surface area (Å²) in [5.74, 6) is -0.784. The smallest absolute Gasteiger partial charge is 0.419 e. The second-order valence-corrected chi connectivity index (χ2v) is 6.74. The van der Waals surface area contributed by atoms with E-state index in [1.807, 2.05) is 42.5 Å². The molecule has 0 unspecified atom stereocenters. The molecule has 4 rings (SSSR count). The van der Waals surface area contributed by atoms with E-state index < -0.39 is 5.76 Å². The van der Waals surface area contributed by atoms with Crippen LogP contribution in [0.5, 0.6) is 0 Å². The van der Waals surface area contributed by atoms with E-state index in [4.69, 9.17) is 20.8 Å². The SMILES string of the molecule is O=C(CCCn1c(=O)oc2ccccc21)OCc1cc2ccccc2nc1Cl. The van der Waals surface area contributed by atoms with E-state index in [9.17, 15) is 9.59 Å². The summed E-state index contributed by atoms with van der Waals surface area (Å²) in [6, 6.07) is 16.7. The van der Waals surface area contributed by atoms with Crippen molar-refractivity contribution in [2.45, 2.75) is 26.0 Å². The number of carbonyl (C=O) groups is 1. The molecule has 0 atom stereocenters. The molecule has 0 aliphatic heterocycles. The molecule has 0 aliphatic rings. The van der Waals surface area contributed by atoms with Gasteiger partial charge in [-0.05, 0) is 30.7 Å². The Morgan fingerprint density at radius 2 is 1.93 bits per heavy atom. The number of carbonyl (C=O) groups excluding carboxylic acids is 1. The maximum atomic E-state index is 12.1. The van der Waals surface area contributed by atoms with Crippen molar-refractivity contribution < 1.29 is 13.9 Å². The molecule has 2 aromatic carbocycles. The molecule has 7 heteroatoms. The standard InChI is InChI=1S/C21H17ClN2O4/c22-20-15(12-14-6-1-2-7-16(14)23-20)13-27-19(25)10-5-11-24-17-8-3-4-9-18(17)28-21(24)26/h1-4,6-9,12H,5,10-11,13H2. The number of pyridine rings is 1. The summed E-state index contributed by atoms with van der Waals surface area (Å²) >= 11 is 6.18. The Bertz CT molecular complexity index is 1210. The van der Waals surface area contributed by atoms with Crippen LogP contribution in [0.25, 0.3) is 22.0 Å². The van der Waals surface area contributed by atoms with Gasteiger partial charge >= 0.3 is 11.7 Å². The molecule has 142 valence electrons. The normalized spacial score (nSPS) is 11.2. The number of nitrogens with zero attached hydrogens (tertiary/aromatic N) is 2. The Morgan fingerprint density at radius 3 is 2.82 bits per heavy atom. The van der Waals surface area contributed by atoms with Gasteiger partial charge in [0.2, 0.25) is 0 Å². The molecule has 0 spiro atoms.